The molecule has 0 aliphatic carbocycles. The Bertz CT molecular complexity index is 1100. The molecule has 1 aliphatic rings. The average molecular weight is 418 g/mol. The van der Waals surface area contributed by atoms with E-state index in [0.29, 0.717) is 42.9 Å². The van der Waals surface area contributed by atoms with Crippen LogP contribution in [0.1, 0.15) is 35.5 Å². The Morgan fingerprint density at radius 2 is 1.97 bits per heavy atom. The second-order valence-electron chi connectivity index (χ2n) is 6.74. The van der Waals surface area contributed by atoms with Gasteiger partial charge < -0.3 is 20.1 Å². The molecule has 3 heterocycles. The number of anilines is 2. The van der Waals surface area contributed by atoms with E-state index >= 15 is 0 Å². The molecule has 10 nitrogen and oxygen atoms in total. The Balaban J connectivity index is 1.47. The van der Waals surface area contributed by atoms with E-state index in [0.717, 1.165) is 16.9 Å². The van der Waals surface area contributed by atoms with Gasteiger partial charge in [0.1, 0.15) is 11.5 Å². The smallest absolute Gasteiger partial charge is 0.316 e. The second kappa shape index (κ2) is 9.23. The molecule has 31 heavy (non-hydrogen) atoms. The van der Waals surface area contributed by atoms with Crippen LogP contribution < -0.4 is 15.4 Å². The molecule has 10 heteroatoms. The summed E-state index contributed by atoms with van der Waals surface area (Å²) in [5.41, 5.74) is 3.20. The molecule has 0 saturated carbocycles. The number of rotatable bonds is 8. The van der Waals surface area contributed by atoms with E-state index in [2.05, 4.69) is 31.7 Å². The summed E-state index contributed by atoms with van der Waals surface area (Å²) in [4.78, 5) is 17.4. The number of aliphatic imine (C=N–C) groups is 1. The first kappa shape index (κ1) is 20.3. The Hall–Kier alpha value is -3.97. The summed E-state index contributed by atoms with van der Waals surface area (Å²) in [5.74, 6) is 1.55. The topological polar surface area (TPSA) is 122 Å². The largest absolute Gasteiger partial charge is 0.467 e. The third-order valence-electron chi connectivity index (χ3n) is 4.76. The minimum atomic E-state index is -0.524. The van der Waals surface area contributed by atoms with Crippen LogP contribution in [-0.4, -0.2) is 33.0 Å². The van der Waals surface area contributed by atoms with Crippen molar-refractivity contribution in [1.29, 1.82) is 5.26 Å². The van der Waals surface area contributed by atoms with Gasteiger partial charge in [-0.05, 0) is 24.6 Å². The zero-order chi connectivity index (χ0) is 21.6. The van der Waals surface area contributed by atoms with E-state index in [-0.39, 0.29) is 0 Å². The molecule has 1 aromatic carbocycles. The Morgan fingerprint density at radius 1 is 1.19 bits per heavy atom. The van der Waals surface area contributed by atoms with Crippen molar-refractivity contribution in [1.82, 2.24) is 19.5 Å². The van der Waals surface area contributed by atoms with E-state index in [9.17, 15) is 0 Å². The normalized spacial score (nSPS) is 14.4. The zero-order valence-electron chi connectivity index (χ0n) is 17.2. The predicted octanol–water partition coefficient (Wildman–Crippen LogP) is 2.85. The molecule has 0 radical (unpaired) electrons. The number of ether oxygens (including phenoxy) is 2. The van der Waals surface area contributed by atoms with Crippen LogP contribution in [0.5, 0.6) is 6.01 Å². The maximum absolute atomic E-state index is 8.93. The van der Waals surface area contributed by atoms with Crippen molar-refractivity contribution < 1.29 is 9.47 Å². The first-order chi connectivity index (χ1) is 15.2. The standard InChI is InChI=1S/C21H22N8O2/c1-3-29-18-17(28-20(29)23-9-16-10-24-21(30-2)25-11-16)19(27-13-26-18)31-12-15-6-4-14(8-22)5-7-15/h4-7,10-11,13,19H,3,9,12H2,1-2H3,(H,23,28)(H,26,27). The highest BCUT2D eigenvalue weighted by Gasteiger charge is 2.26. The van der Waals surface area contributed by atoms with Gasteiger partial charge in [-0.25, -0.2) is 19.9 Å². The van der Waals surface area contributed by atoms with Gasteiger partial charge in [0.15, 0.2) is 6.23 Å². The van der Waals surface area contributed by atoms with Gasteiger partial charge in [0.25, 0.3) is 0 Å². The van der Waals surface area contributed by atoms with E-state index in [4.69, 9.17) is 19.7 Å². The zero-order valence-corrected chi connectivity index (χ0v) is 17.2. The maximum atomic E-state index is 8.93. The molecule has 0 saturated heterocycles. The highest BCUT2D eigenvalue weighted by Crippen LogP contribution is 2.32. The third-order valence-corrected chi connectivity index (χ3v) is 4.76. The highest BCUT2D eigenvalue weighted by atomic mass is 16.5. The lowest BCUT2D eigenvalue weighted by atomic mass is 10.1. The minimum absolute atomic E-state index is 0.331. The first-order valence-electron chi connectivity index (χ1n) is 9.79. The summed E-state index contributed by atoms with van der Waals surface area (Å²) >= 11 is 0. The Labute approximate surface area is 179 Å². The van der Waals surface area contributed by atoms with E-state index in [1.807, 2.05) is 23.6 Å². The van der Waals surface area contributed by atoms with E-state index < -0.39 is 6.23 Å². The third kappa shape index (κ3) is 4.46. The number of hydrogen-bond acceptors (Lipinski definition) is 9. The van der Waals surface area contributed by atoms with E-state index in [1.165, 1.54) is 7.11 Å². The number of benzene rings is 1. The molecular formula is C21H22N8O2. The van der Waals surface area contributed by atoms with Gasteiger partial charge in [-0.1, -0.05) is 12.1 Å². The number of nitriles is 1. The van der Waals surface area contributed by atoms with Gasteiger partial charge in [0.05, 0.1) is 31.7 Å². The van der Waals surface area contributed by atoms with Gasteiger partial charge in [-0.15, -0.1) is 0 Å². The molecule has 0 amide bonds. The van der Waals surface area contributed by atoms with Crippen LogP contribution in [0.4, 0.5) is 11.8 Å². The molecule has 0 spiro atoms. The SMILES string of the molecule is CCn1c(NCc2cnc(OC)nc2)nc2c1NC=NC2OCc1ccc(C#N)cc1. The van der Waals surface area contributed by atoms with Gasteiger partial charge in [0, 0.05) is 31.0 Å². The van der Waals surface area contributed by atoms with Gasteiger partial charge in [-0.3, -0.25) is 4.57 Å². The van der Waals surface area contributed by atoms with E-state index in [1.54, 1.807) is 30.9 Å². The number of imidazole rings is 1. The number of nitrogens with one attached hydrogen (secondary N) is 2. The van der Waals surface area contributed by atoms with Crippen molar-refractivity contribution >= 4 is 18.1 Å². The summed E-state index contributed by atoms with van der Waals surface area (Å²) in [6.45, 7) is 3.63. The molecule has 1 unspecified atom stereocenters. The molecule has 3 aromatic rings. The van der Waals surface area contributed by atoms with Crippen molar-refractivity contribution in [3.8, 4) is 12.1 Å². The van der Waals surface area contributed by atoms with Crippen LogP contribution in [0.3, 0.4) is 0 Å². The summed E-state index contributed by atoms with van der Waals surface area (Å²) in [7, 11) is 1.53. The molecule has 2 aromatic heterocycles. The molecule has 0 bridgehead atoms. The molecule has 158 valence electrons. The monoisotopic (exact) mass is 418 g/mol. The van der Waals surface area contributed by atoms with Crippen molar-refractivity contribution in [2.45, 2.75) is 32.8 Å². The van der Waals surface area contributed by atoms with Gasteiger partial charge >= 0.3 is 6.01 Å². The average Bonchev–Trinajstić information content (AvgIpc) is 3.20. The lowest BCUT2D eigenvalue weighted by Gasteiger charge is -2.18. The van der Waals surface area contributed by atoms with Crippen molar-refractivity contribution in [2.75, 3.05) is 17.7 Å². The molecule has 0 fully saturated rings. The van der Waals surface area contributed by atoms with Crippen molar-refractivity contribution in [3.05, 3.63) is 59.0 Å². The lowest BCUT2D eigenvalue weighted by Crippen LogP contribution is -2.15. The highest BCUT2D eigenvalue weighted by molar-refractivity contribution is 5.78. The van der Waals surface area contributed by atoms with Gasteiger partial charge in [-0.2, -0.15) is 5.26 Å². The maximum Gasteiger partial charge on any atom is 0.316 e. The van der Waals surface area contributed by atoms with Crippen LogP contribution in [0.25, 0.3) is 0 Å². The molecule has 1 aliphatic heterocycles. The van der Waals surface area contributed by atoms with Crippen LogP contribution in [0.2, 0.25) is 0 Å². The van der Waals surface area contributed by atoms with Crippen LogP contribution in [0, 0.1) is 11.3 Å². The number of fused-ring (bicyclic) bond motifs is 1. The Morgan fingerprint density at radius 3 is 2.65 bits per heavy atom. The fourth-order valence-corrected chi connectivity index (χ4v) is 3.17. The number of nitrogens with zero attached hydrogens (tertiary/aromatic N) is 6. The quantitative estimate of drug-likeness (QED) is 0.573. The van der Waals surface area contributed by atoms with Crippen molar-refractivity contribution in [3.63, 3.8) is 0 Å². The van der Waals surface area contributed by atoms with Crippen molar-refractivity contribution in [2.24, 2.45) is 4.99 Å². The molecule has 1 atom stereocenters. The first-order valence-corrected chi connectivity index (χ1v) is 9.79. The molecule has 4 rings (SSSR count). The lowest BCUT2D eigenvalue weighted by molar-refractivity contribution is 0.0435. The fourth-order valence-electron chi connectivity index (χ4n) is 3.17. The number of methoxy groups -OCH3 is 1. The molecule has 2 N–H and O–H groups in total. The number of hydrogen-bond donors (Lipinski definition) is 2. The summed E-state index contributed by atoms with van der Waals surface area (Å²) < 4.78 is 13.0. The van der Waals surface area contributed by atoms with Crippen LogP contribution in [-0.2, 0) is 24.4 Å². The summed E-state index contributed by atoms with van der Waals surface area (Å²) in [6, 6.07) is 9.73. The predicted molar refractivity (Wildman–Crippen MR) is 115 cm³/mol. The summed E-state index contributed by atoms with van der Waals surface area (Å²) in [6.07, 6.45) is 4.52. The summed E-state index contributed by atoms with van der Waals surface area (Å²) in [5, 5.41) is 15.4. The van der Waals surface area contributed by atoms with Crippen LogP contribution >= 0.6 is 0 Å². The Kier molecular flexibility index (Phi) is 6.05. The second-order valence-corrected chi connectivity index (χ2v) is 6.74. The van der Waals surface area contributed by atoms with Crippen LogP contribution in [0.15, 0.2) is 41.7 Å². The van der Waals surface area contributed by atoms with Gasteiger partial charge in [0.2, 0.25) is 5.95 Å². The fraction of sp³-hybridized carbons (Fsp3) is 0.286. The minimum Gasteiger partial charge on any atom is -0.467 e. The molecular weight excluding hydrogens is 396 g/mol. The number of aromatic nitrogens is 4.